The van der Waals surface area contributed by atoms with Crippen molar-refractivity contribution in [2.24, 2.45) is 5.92 Å². The number of carboxylic acids is 1. The molecule has 0 spiro atoms. The van der Waals surface area contributed by atoms with Crippen LogP contribution in [-0.4, -0.2) is 23.3 Å². The molecule has 0 aliphatic rings. The molecule has 1 aromatic carbocycles. The van der Waals surface area contributed by atoms with E-state index in [1.807, 2.05) is 6.92 Å². The molecule has 0 amide bonds. The zero-order chi connectivity index (χ0) is 13.2. The maximum Gasteiger partial charge on any atom is 0.306 e. The summed E-state index contributed by atoms with van der Waals surface area (Å²) >= 11 is 0. The number of aliphatic carboxylic acids is 1. The lowest BCUT2D eigenvalue weighted by Gasteiger charge is -2.15. The van der Waals surface area contributed by atoms with E-state index < -0.39 is 11.9 Å². The largest absolute Gasteiger partial charge is 0.507 e. The molecule has 0 aliphatic heterocycles. The van der Waals surface area contributed by atoms with Crippen molar-refractivity contribution in [1.82, 2.24) is 0 Å². The average Bonchev–Trinajstić information content (AvgIpc) is 2.29. The normalized spacial score (nSPS) is 12.2. The molecular weight excluding hydrogens is 220 g/mol. The van der Waals surface area contributed by atoms with Crippen LogP contribution in [0, 0.1) is 19.8 Å². The smallest absolute Gasteiger partial charge is 0.306 e. The fourth-order valence-electron chi connectivity index (χ4n) is 1.72. The Hall–Kier alpha value is -1.71. The van der Waals surface area contributed by atoms with Crippen molar-refractivity contribution in [1.29, 1.82) is 0 Å². The number of ether oxygens (including phenoxy) is 1. The van der Waals surface area contributed by atoms with Gasteiger partial charge in [-0.1, -0.05) is 6.92 Å². The summed E-state index contributed by atoms with van der Waals surface area (Å²) in [4.78, 5) is 10.8. The summed E-state index contributed by atoms with van der Waals surface area (Å²) in [6.07, 6.45) is 0.290. The minimum atomic E-state index is -0.874. The van der Waals surface area contributed by atoms with E-state index in [0.717, 1.165) is 11.1 Å². The third kappa shape index (κ3) is 2.70. The highest BCUT2D eigenvalue weighted by Crippen LogP contribution is 2.33. The second kappa shape index (κ2) is 5.08. The number of carboxylic acid groups (broad SMARTS) is 1. The maximum atomic E-state index is 10.8. The Kier molecular flexibility index (Phi) is 3.99. The Bertz CT molecular complexity index is 438. The molecule has 1 rings (SSSR count). The topological polar surface area (TPSA) is 66.8 Å². The lowest BCUT2D eigenvalue weighted by atomic mass is 9.96. The first-order valence-corrected chi connectivity index (χ1v) is 5.47. The SMILES string of the molecule is COc1cc(CC(C)C(=O)O)c(O)c(C)c1C. The van der Waals surface area contributed by atoms with Crippen LogP contribution in [0.4, 0.5) is 0 Å². The number of rotatable bonds is 4. The standard InChI is InChI=1S/C13H18O4/c1-7(13(15)16)5-10-6-11(17-4)8(2)9(3)12(10)14/h6-7,14H,5H2,1-4H3,(H,15,16). The number of phenolic OH excluding ortho intramolecular Hbond substituents is 1. The fraction of sp³-hybridized carbons (Fsp3) is 0.462. The molecule has 0 saturated carbocycles. The van der Waals surface area contributed by atoms with Gasteiger partial charge in [-0.15, -0.1) is 0 Å². The molecule has 0 aromatic heterocycles. The van der Waals surface area contributed by atoms with Crippen molar-refractivity contribution < 1.29 is 19.7 Å². The van der Waals surface area contributed by atoms with Crippen LogP contribution in [0.15, 0.2) is 6.07 Å². The molecule has 0 saturated heterocycles. The van der Waals surface area contributed by atoms with Crippen molar-refractivity contribution >= 4 is 5.97 Å². The van der Waals surface area contributed by atoms with Gasteiger partial charge in [-0.3, -0.25) is 4.79 Å². The van der Waals surface area contributed by atoms with Crippen LogP contribution in [0.1, 0.15) is 23.6 Å². The van der Waals surface area contributed by atoms with Crippen LogP contribution >= 0.6 is 0 Å². The minimum Gasteiger partial charge on any atom is -0.507 e. The van der Waals surface area contributed by atoms with E-state index >= 15 is 0 Å². The number of phenols is 1. The molecule has 94 valence electrons. The van der Waals surface area contributed by atoms with Crippen molar-refractivity contribution in [2.75, 3.05) is 7.11 Å². The van der Waals surface area contributed by atoms with Gasteiger partial charge in [-0.25, -0.2) is 0 Å². The Labute approximate surface area is 101 Å². The molecule has 0 bridgehead atoms. The molecule has 1 atom stereocenters. The quantitative estimate of drug-likeness (QED) is 0.844. The summed E-state index contributed by atoms with van der Waals surface area (Å²) in [6, 6.07) is 1.71. The van der Waals surface area contributed by atoms with E-state index in [-0.39, 0.29) is 5.75 Å². The lowest BCUT2D eigenvalue weighted by Crippen LogP contribution is -2.12. The van der Waals surface area contributed by atoms with Gasteiger partial charge in [0.2, 0.25) is 0 Å². The van der Waals surface area contributed by atoms with Gasteiger partial charge >= 0.3 is 5.97 Å². The van der Waals surface area contributed by atoms with Crippen molar-refractivity contribution in [3.8, 4) is 11.5 Å². The Morgan fingerprint density at radius 3 is 2.47 bits per heavy atom. The number of carbonyl (C=O) groups is 1. The highest BCUT2D eigenvalue weighted by molar-refractivity contribution is 5.70. The summed E-state index contributed by atoms with van der Waals surface area (Å²) in [6.45, 7) is 5.27. The number of methoxy groups -OCH3 is 1. The van der Waals surface area contributed by atoms with Gasteiger partial charge in [0.25, 0.3) is 0 Å². The van der Waals surface area contributed by atoms with Gasteiger partial charge in [-0.05, 0) is 43.0 Å². The molecule has 0 heterocycles. The molecule has 0 aliphatic carbocycles. The third-order valence-electron chi connectivity index (χ3n) is 3.06. The average molecular weight is 238 g/mol. The molecule has 4 heteroatoms. The third-order valence-corrected chi connectivity index (χ3v) is 3.06. The highest BCUT2D eigenvalue weighted by Gasteiger charge is 2.17. The van der Waals surface area contributed by atoms with Gasteiger partial charge in [0.1, 0.15) is 11.5 Å². The summed E-state index contributed by atoms with van der Waals surface area (Å²) < 4.78 is 5.20. The Morgan fingerprint density at radius 1 is 1.41 bits per heavy atom. The van der Waals surface area contributed by atoms with Crippen molar-refractivity contribution in [3.63, 3.8) is 0 Å². The second-order valence-electron chi connectivity index (χ2n) is 4.28. The molecule has 1 unspecified atom stereocenters. The highest BCUT2D eigenvalue weighted by atomic mass is 16.5. The molecule has 0 fully saturated rings. The van der Waals surface area contributed by atoms with Crippen LogP contribution in [0.5, 0.6) is 11.5 Å². The van der Waals surface area contributed by atoms with Crippen LogP contribution < -0.4 is 4.74 Å². The predicted octanol–water partition coefficient (Wildman–Crippen LogP) is 2.28. The number of hydrogen-bond donors (Lipinski definition) is 2. The van der Waals surface area contributed by atoms with Gasteiger partial charge in [0, 0.05) is 0 Å². The first kappa shape index (κ1) is 13.4. The summed E-state index contributed by atoms with van der Waals surface area (Å²) in [5.41, 5.74) is 2.22. The molecule has 0 radical (unpaired) electrons. The number of aromatic hydroxyl groups is 1. The van der Waals surface area contributed by atoms with Gasteiger partial charge < -0.3 is 14.9 Å². The van der Waals surface area contributed by atoms with E-state index in [2.05, 4.69) is 0 Å². The van der Waals surface area contributed by atoms with Crippen LogP contribution in [-0.2, 0) is 11.2 Å². The Morgan fingerprint density at radius 2 is 2.00 bits per heavy atom. The van der Waals surface area contributed by atoms with E-state index in [4.69, 9.17) is 9.84 Å². The molecular formula is C13H18O4. The zero-order valence-corrected chi connectivity index (χ0v) is 10.6. The molecule has 4 nitrogen and oxygen atoms in total. The summed E-state index contributed by atoms with van der Waals surface area (Å²) in [5.74, 6) is -0.571. The summed E-state index contributed by atoms with van der Waals surface area (Å²) in [5, 5.41) is 18.9. The Balaban J connectivity index is 3.16. The molecule has 17 heavy (non-hydrogen) atoms. The van der Waals surface area contributed by atoms with E-state index in [1.54, 1.807) is 27.0 Å². The molecule has 2 N–H and O–H groups in total. The van der Waals surface area contributed by atoms with E-state index in [9.17, 15) is 9.90 Å². The first-order valence-electron chi connectivity index (χ1n) is 5.47. The fourth-order valence-corrected chi connectivity index (χ4v) is 1.72. The van der Waals surface area contributed by atoms with Crippen molar-refractivity contribution in [3.05, 3.63) is 22.8 Å². The monoisotopic (exact) mass is 238 g/mol. The van der Waals surface area contributed by atoms with E-state index in [0.29, 0.717) is 17.7 Å². The number of hydrogen-bond acceptors (Lipinski definition) is 3. The zero-order valence-electron chi connectivity index (χ0n) is 10.6. The second-order valence-corrected chi connectivity index (χ2v) is 4.28. The minimum absolute atomic E-state index is 0.163. The maximum absolute atomic E-state index is 10.8. The van der Waals surface area contributed by atoms with Gasteiger partial charge in [-0.2, -0.15) is 0 Å². The molecule has 1 aromatic rings. The van der Waals surface area contributed by atoms with Gasteiger partial charge in [0.15, 0.2) is 0 Å². The summed E-state index contributed by atoms with van der Waals surface area (Å²) in [7, 11) is 1.56. The van der Waals surface area contributed by atoms with Crippen LogP contribution in [0.3, 0.4) is 0 Å². The lowest BCUT2D eigenvalue weighted by molar-refractivity contribution is -0.141. The van der Waals surface area contributed by atoms with Crippen LogP contribution in [0.2, 0.25) is 0 Å². The van der Waals surface area contributed by atoms with Crippen molar-refractivity contribution in [2.45, 2.75) is 27.2 Å². The first-order chi connectivity index (χ1) is 7.88. The van der Waals surface area contributed by atoms with Gasteiger partial charge in [0.05, 0.1) is 13.0 Å². The van der Waals surface area contributed by atoms with E-state index in [1.165, 1.54) is 0 Å². The number of benzene rings is 1. The van der Waals surface area contributed by atoms with Crippen LogP contribution in [0.25, 0.3) is 0 Å². The predicted molar refractivity (Wildman–Crippen MR) is 64.6 cm³/mol.